The van der Waals surface area contributed by atoms with Crippen LogP contribution >= 0.6 is 15.9 Å². The highest BCUT2D eigenvalue weighted by atomic mass is 79.9. The number of nitrogen functional groups attached to an aromatic ring is 1. The lowest BCUT2D eigenvalue weighted by Crippen LogP contribution is -2.01. The maximum Gasteiger partial charge on any atom is 0.0621 e. The van der Waals surface area contributed by atoms with Crippen LogP contribution in [0.25, 0.3) is 0 Å². The van der Waals surface area contributed by atoms with Crippen molar-refractivity contribution in [3.8, 4) is 0 Å². The van der Waals surface area contributed by atoms with Crippen LogP contribution in [0.1, 0.15) is 11.1 Å². The van der Waals surface area contributed by atoms with Gasteiger partial charge >= 0.3 is 0 Å². The first-order chi connectivity index (χ1) is 8.56. The Morgan fingerprint density at radius 2 is 2.11 bits per heavy atom. The van der Waals surface area contributed by atoms with E-state index in [1.807, 2.05) is 19.1 Å². The molecule has 2 aromatic rings. The number of aromatic nitrogens is 1. The number of anilines is 1. The fourth-order valence-corrected chi connectivity index (χ4v) is 3.19. The molecular weight excluding hydrogens is 312 g/mol. The summed E-state index contributed by atoms with van der Waals surface area (Å²) in [5, 5.41) is 0. The molecular formula is C13H13BrN2OS. The molecule has 1 atom stereocenters. The Kier molecular flexibility index (Phi) is 4.14. The van der Waals surface area contributed by atoms with Crippen molar-refractivity contribution in [1.29, 1.82) is 0 Å². The van der Waals surface area contributed by atoms with Gasteiger partial charge in [-0.2, -0.15) is 0 Å². The molecule has 0 bridgehead atoms. The standard InChI is InChI=1S/C13H13BrN2OS/c1-9-4-10(7-16-6-9)8-18(17)13-3-2-11(14)5-12(13)15/h2-7H,8,15H2,1H3. The van der Waals surface area contributed by atoms with Crippen LogP contribution in [0.15, 0.2) is 46.0 Å². The minimum atomic E-state index is -1.15. The lowest BCUT2D eigenvalue weighted by Gasteiger charge is -2.06. The third kappa shape index (κ3) is 3.17. The molecule has 1 aromatic heterocycles. The summed E-state index contributed by atoms with van der Waals surface area (Å²) in [7, 11) is -1.15. The van der Waals surface area contributed by atoms with E-state index in [4.69, 9.17) is 5.73 Å². The third-order valence-electron chi connectivity index (χ3n) is 2.45. The van der Waals surface area contributed by atoms with E-state index in [0.29, 0.717) is 16.3 Å². The van der Waals surface area contributed by atoms with Crippen LogP contribution in [0.2, 0.25) is 0 Å². The number of halogens is 1. The first-order valence-corrected chi connectivity index (χ1v) is 7.51. The zero-order valence-corrected chi connectivity index (χ0v) is 12.3. The van der Waals surface area contributed by atoms with Crippen LogP contribution in [0.4, 0.5) is 5.69 Å². The van der Waals surface area contributed by atoms with E-state index in [2.05, 4.69) is 20.9 Å². The van der Waals surface area contributed by atoms with Gasteiger partial charge in [0.2, 0.25) is 0 Å². The Morgan fingerprint density at radius 3 is 2.78 bits per heavy atom. The van der Waals surface area contributed by atoms with E-state index < -0.39 is 10.8 Å². The van der Waals surface area contributed by atoms with E-state index in [1.54, 1.807) is 24.5 Å². The predicted molar refractivity (Wildman–Crippen MR) is 77.6 cm³/mol. The van der Waals surface area contributed by atoms with Gasteiger partial charge in [0.25, 0.3) is 0 Å². The summed E-state index contributed by atoms with van der Waals surface area (Å²) in [4.78, 5) is 4.76. The second-order valence-electron chi connectivity index (χ2n) is 4.04. The first kappa shape index (κ1) is 13.2. The summed E-state index contributed by atoms with van der Waals surface area (Å²) in [6.07, 6.45) is 3.51. The zero-order chi connectivity index (χ0) is 13.1. The van der Waals surface area contributed by atoms with Gasteiger partial charge in [0.1, 0.15) is 0 Å². The Balaban J connectivity index is 2.22. The van der Waals surface area contributed by atoms with E-state index in [1.165, 1.54) is 0 Å². The number of hydrogen-bond acceptors (Lipinski definition) is 3. The maximum atomic E-state index is 12.2. The van der Waals surface area contributed by atoms with Crippen molar-refractivity contribution in [3.63, 3.8) is 0 Å². The van der Waals surface area contributed by atoms with Crippen LogP contribution < -0.4 is 5.73 Å². The van der Waals surface area contributed by atoms with Crippen molar-refractivity contribution < 1.29 is 4.21 Å². The van der Waals surface area contributed by atoms with E-state index in [-0.39, 0.29) is 0 Å². The molecule has 0 spiro atoms. The van der Waals surface area contributed by atoms with Gasteiger partial charge in [0, 0.05) is 22.6 Å². The molecule has 0 aliphatic heterocycles. The lowest BCUT2D eigenvalue weighted by molar-refractivity contribution is 0.683. The molecule has 1 heterocycles. The molecule has 2 rings (SSSR count). The molecule has 1 aromatic carbocycles. The number of pyridine rings is 1. The van der Waals surface area contributed by atoms with Gasteiger partial charge in [-0.15, -0.1) is 0 Å². The van der Waals surface area contributed by atoms with Gasteiger partial charge in [0.15, 0.2) is 0 Å². The molecule has 5 heteroatoms. The molecule has 0 fully saturated rings. The largest absolute Gasteiger partial charge is 0.398 e. The second kappa shape index (κ2) is 5.63. The fourth-order valence-electron chi connectivity index (χ4n) is 1.65. The molecule has 0 radical (unpaired) electrons. The molecule has 0 saturated heterocycles. The molecule has 3 nitrogen and oxygen atoms in total. The van der Waals surface area contributed by atoms with Crippen LogP contribution in [-0.2, 0) is 16.6 Å². The normalized spacial score (nSPS) is 12.3. The van der Waals surface area contributed by atoms with Crippen molar-refractivity contribution in [2.24, 2.45) is 0 Å². The number of aryl methyl sites for hydroxylation is 1. The summed E-state index contributed by atoms with van der Waals surface area (Å²) in [6.45, 7) is 1.97. The highest BCUT2D eigenvalue weighted by molar-refractivity contribution is 9.10. The van der Waals surface area contributed by atoms with Gasteiger partial charge in [0.05, 0.1) is 21.4 Å². The van der Waals surface area contributed by atoms with Crippen LogP contribution in [0.3, 0.4) is 0 Å². The van der Waals surface area contributed by atoms with Gasteiger partial charge in [-0.1, -0.05) is 22.0 Å². The summed E-state index contributed by atoms with van der Waals surface area (Å²) in [5.41, 5.74) is 8.43. The van der Waals surface area contributed by atoms with Gasteiger partial charge in [-0.05, 0) is 36.2 Å². The minimum absolute atomic E-state index is 0.431. The van der Waals surface area contributed by atoms with Crippen LogP contribution in [0.5, 0.6) is 0 Å². The van der Waals surface area contributed by atoms with Crippen molar-refractivity contribution in [1.82, 2.24) is 4.98 Å². The highest BCUT2D eigenvalue weighted by Gasteiger charge is 2.09. The Hall–Kier alpha value is -1.20. The zero-order valence-electron chi connectivity index (χ0n) is 9.89. The summed E-state index contributed by atoms with van der Waals surface area (Å²) >= 11 is 3.33. The monoisotopic (exact) mass is 324 g/mol. The molecule has 0 aliphatic rings. The summed E-state index contributed by atoms with van der Waals surface area (Å²) < 4.78 is 13.1. The van der Waals surface area contributed by atoms with Crippen LogP contribution in [-0.4, -0.2) is 9.19 Å². The number of nitrogens with zero attached hydrogens (tertiary/aromatic N) is 1. The topological polar surface area (TPSA) is 56.0 Å². The van der Waals surface area contributed by atoms with Crippen molar-refractivity contribution in [2.75, 3.05) is 5.73 Å². The Bertz CT molecular complexity index is 601. The Labute approximate surface area is 117 Å². The average molecular weight is 325 g/mol. The number of hydrogen-bond donors (Lipinski definition) is 1. The lowest BCUT2D eigenvalue weighted by atomic mass is 10.2. The van der Waals surface area contributed by atoms with Crippen molar-refractivity contribution in [3.05, 3.63) is 52.3 Å². The van der Waals surface area contributed by atoms with Gasteiger partial charge in [-0.25, -0.2) is 0 Å². The van der Waals surface area contributed by atoms with Crippen molar-refractivity contribution >= 4 is 32.4 Å². The van der Waals surface area contributed by atoms with Crippen LogP contribution in [0, 0.1) is 6.92 Å². The maximum absolute atomic E-state index is 12.2. The van der Waals surface area contributed by atoms with Gasteiger partial charge in [-0.3, -0.25) is 9.19 Å². The Morgan fingerprint density at radius 1 is 1.33 bits per heavy atom. The molecule has 0 saturated carbocycles. The number of benzene rings is 1. The highest BCUT2D eigenvalue weighted by Crippen LogP contribution is 2.23. The first-order valence-electron chi connectivity index (χ1n) is 5.40. The number of nitrogens with two attached hydrogens (primary N) is 1. The SMILES string of the molecule is Cc1cncc(CS(=O)c2ccc(Br)cc2N)c1. The molecule has 18 heavy (non-hydrogen) atoms. The molecule has 2 N–H and O–H groups in total. The number of rotatable bonds is 3. The molecule has 0 amide bonds. The summed E-state index contributed by atoms with van der Waals surface area (Å²) in [5.74, 6) is 0.431. The minimum Gasteiger partial charge on any atom is -0.398 e. The van der Waals surface area contributed by atoms with E-state index in [0.717, 1.165) is 15.6 Å². The fraction of sp³-hybridized carbons (Fsp3) is 0.154. The summed E-state index contributed by atoms with van der Waals surface area (Å²) in [6, 6.07) is 7.39. The molecule has 94 valence electrons. The average Bonchev–Trinajstić information content (AvgIpc) is 2.28. The predicted octanol–water partition coefficient (Wildman–Crippen LogP) is 3.04. The smallest absolute Gasteiger partial charge is 0.0621 e. The third-order valence-corrected chi connectivity index (χ3v) is 4.40. The van der Waals surface area contributed by atoms with Gasteiger partial charge < -0.3 is 5.73 Å². The molecule has 0 aliphatic carbocycles. The van der Waals surface area contributed by atoms with E-state index >= 15 is 0 Å². The quantitative estimate of drug-likeness (QED) is 0.883. The van der Waals surface area contributed by atoms with Crippen molar-refractivity contribution in [2.45, 2.75) is 17.6 Å². The second-order valence-corrected chi connectivity index (χ2v) is 6.38. The molecule has 1 unspecified atom stereocenters. The van der Waals surface area contributed by atoms with E-state index in [9.17, 15) is 4.21 Å².